The Morgan fingerprint density at radius 1 is 1.17 bits per heavy atom. The summed E-state index contributed by atoms with van der Waals surface area (Å²) in [7, 11) is 0. The average Bonchev–Trinajstić information content (AvgIpc) is 2.53. The summed E-state index contributed by atoms with van der Waals surface area (Å²) in [6.45, 7) is -0.0276. The van der Waals surface area contributed by atoms with Crippen LogP contribution in [0.15, 0.2) is 53.0 Å². The summed E-state index contributed by atoms with van der Waals surface area (Å²) in [6.07, 6.45) is -1.71. The Bertz CT molecular complexity index is 771. The van der Waals surface area contributed by atoms with E-state index < -0.39 is 23.5 Å². The molecular weight excluding hydrogens is 390 g/mol. The lowest BCUT2D eigenvalue weighted by molar-refractivity contribution is -0.137. The quantitative estimate of drug-likeness (QED) is 0.570. The molecule has 2 nitrogen and oxygen atoms in total. The first-order valence-corrected chi connectivity index (χ1v) is 7.62. The molecule has 2 rings (SSSR count). The van der Waals surface area contributed by atoms with Gasteiger partial charge >= 0.3 is 6.18 Å². The van der Waals surface area contributed by atoms with Gasteiger partial charge in [0.2, 0.25) is 5.91 Å². The minimum absolute atomic E-state index is 0.0276. The molecule has 1 amide bonds. The van der Waals surface area contributed by atoms with Gasteiger partial charge in [0.25, 0.3) is 0 Å². The lowest BCUT2D eigenvalue weighted by Gasteiger charge is -2.09. The zero-order valence-corrected chi connectivity index (χ0v) is 13.8. The van der Waals surface area contributed by atoms with Crippen molar-refractivity contribution in [1.29, 1.82) is 0 Å². The second kappa shape index (κ2) is 7.61. The zero-order chi connectivity index (χ0) is 17.7. The Morgan fingerprint density at radius 2 is 1.92 bits per heavy atom. The number of benzene rings is 2. The molecule has 1 N–H and O–H groups in total. The molecule has 0 aliphatic heterocycles. The maximum absolute atomic E-state index is 13.1. The van der Waals surface area contributed by atoms with Gasteiger partial charge in [-0.05, 0) is 57.4 Å². The van der Waals surface area contributed by atoms with E-state index >= 15 is 0 Å². The van der Waals surface area contributed by atoms with Crippen molar-refractivity contribution < 1.29 is 22.4 Å². The standard InChI is InChI=1S/C17H12BrF4NO/c18-14-9-11(4-6-15(14)19)5-7-16(24)23-10-12-2-1-3-13(8-12)17(20,21)22/h1-9H,10H2,(H,23,24). The van der Waals surface area contributed by atoms with Crippen LogP contribution in [0.4, 0.5) is 17.6 Å². The van der Waals surface area contributed by atoms with Crippen LogP contribution in [0.5, 0.6) is 0 Å². The second-order valence-corrected chi connectivity index (χ2v) is 5.78. The van der Waals surface area contributed by atoms with Gasteiger partial charge in [-0.25, -0.2) is 4.39 Å². The molecule has 0 fully saturated rings. The van der Waals surface area contributed by atoms with Crippen molar-refractivity contribution >= 4 is 27.9 Å². The third-order valence-corrected chi connectivity index (χ3v) is 3.70. The number of carbonyl (C=O) groups is 1. The van der Waals surface area contributed by atoms with Crippen molar-refractivity contribution in [3.05, 3.63) is 75.5 Å². The third-order valence-electron chi connectivity index (χ3n) is 3.09. The van der Waals surface area contributed by atoms with Crippen LogP contribution >= 0.6 is 15.9 Å². The number of hydrogen-bond acceptors (Lipinski definition) is 1. The lowest BCUT2D eigenvalue weighted by Crippen LogP contribution is -2.20. The summed E-state index contributed by atoms with van der Waals surface area (Å²) >= 11 is 3.04. The van der Waals surface area contributed by atoms with E-state index in [9.17, 15) is 22.4 Å². The van der Waals surface area contributed by atoms with Gasteiger partial charge < -0.3 is 5.32 Å². The van der Waals surface area contributed by atoms with Crippen LogP contribution in [-0.2, 0) is 17.5 Å². The highest BCUT2D eigenvalue weighted by molar-refractivity contribution is 9.10. The van der Waals surface area contributed by atoms with Crippen molar-refractivity contribution in [2.45, 2.75) is 12.7 Å². The van der Waals surface area contributed by atoms with E-state index in [4.69, 9.17) is 0 Å². The van der Waals surface area contributed by atoms with Gasteiger partial charge in [-0.2, -0.15) is 13.2 Å². The largest absolute Gasteiger partial charge is 0.416 e. The zero-order valence-electron chi connectivity index (χ0n) is 12.2. The van der Waals surface area contributed by atoms with Gasteiger partial charge in [-0.1, -0.05) is 18.2 Å². The van der Waals surface area contributed by atoms with Crippen LogP contribution in [0.2, 0.25) is 0 Å². The van der Waals surface area contributed by atoms with Crippen LogP contribution in [0.3, 0.4) is 0 Å². The van der Waals surface area contributed by atoms with E-state index in [-0.39, 0.29) is 11.0 Å². The maximum Gasteiger partial charge on any atom is 0.416 e. The van der Waals surface area contributed by atoms with Crippen LogP contribution in [0, 0.1) is 5.82 Å². The molecule has 0 aliphatic carbocycles. The van der Waals surface area contributed by atoms with Crippen molar-refractivity contribution in [2.24, 2.45) is 0 Å². The minimum Gasteiger partial charge on any atom is -0.348 e. The first kappa shape index (κ1) is 18.2. The minimum atomic E-state index is -4.42. The molecule has 2 aromatic rings. The Balaban J connectivity index is 1.96. The van der Waals surface area contributed by atoms with Crippen LogP contribution in [0.1, 0.15) is 16.7 Å². The van der Waals surface area contributed by atoms with Crippen molar-refractivity contribution in [3.8, 4) is 0 Å². The van der Waals surface area contributed by atoms with Crippen LogP contribution in [-0.4, -0.2) is 5.91 Å². The molecule has 0 saturated heterocycles. The van der Waals surface area contributed by atoms with E-state index in [0.717, 1.165) is 12.1 Å². The molecule has 7 heteroatoms. The molecule has 0 aromatic heterocycles. The van der Waals surface area contributed by atoms with Gasteiger partial charge in [0.15, 0.2) is 0 Å². The molecule has 0 saturated carbocycles. The number of amides is 1. The lowest BCUT2D eigenvalue weighted by atomic mass is 10.1. The predicted octanol–water partition coefficient (Wildman–Crippen LogP) is 4.94. The van der Waals surface area contributed by atoms with E-state index in [1.165, 1.54) is 42.5 Å². The second-order valence-electron chi connectivity index (χ2n) is 4.92. The molecule has 24 heavy (non-hydrogen) atoms. The molecule has 0 aliphatic rings. The molecular formula is C17H12BrF4NO. The van der Waals surface area contributed by atoms with Crippen molar-refractivity contribution in [1.82, 2.24) is 5.32 Å². The Labute approximate surface area is 144 Å². The highest BCUT2D eigenvalue weighted by Crippen LogP contribution is 2.29. The number of carbonyl (C=O) groups excluding carboxylic acids is 1. The summed E-state index contributed by atoms with van der Waals surface area (Å²) in [5, 5.41) is 2.49. The van der Waals surface area contributed by atoms with Crippen LogP contribution in [0.25, 0.3) is 6.08 Å². The van der Waals surface area contributed by atoms with E-state index in [1.807, 2.05) is 0 Å². The summed E-state index contributed by atoms with van der Waals surface area (Å²) in [5.74, 6) is -0.881. The van der Waals surface area contributed by atoms with Gasteiger partial charge in [0.1, 0.15) is 5.82 Å². The summed E-state index contributed by atoms with van der Waals surface area (Å²) in [6, 6.07) is 9.00. The fourth-order valence-corrected chi connectivity index (χ4v) is 2.29. The fourth-order valence-electron chi connectivity index (χ4n) is 1.89. The monoisotopic (exact) mass is 401 g/mol. The topological polar surface area (TPSA) is 29.1 Å². The SMILES string of the molecule is O=C(C=Cc1ccc(F)c(Br)c1)NCc1cccc(C(F)(F)F)c1. The Morgan fingerprint density at radius 3 is 2.58 bits per heavy atom. The van der Waals surface area contributed by atoms with Gasteiger partial charge in [-0.15, -0.1) is 0 Å². The Hall–Kier alpha value is -2.15. The molecule has 0 spiro atoms. The van der Waals surface area contributed by atoms with Gasteiger partial charge in [0.05, 0.1) is 10.0 Å². The first-order valence-electron chi connectivity index (χ1n) is 6.83. The smallest absolute Gasteiger partial charge is 0.348 e. The molecule has 0 radical (unpaired) electrons. The fraction of sp³-hybridized carbons (Fsp3) is 0.118. The van der Waals surface area contributed by atoms with E-state index in [1.54, 1.807) is 0 Å². The summed E-state index contributed by atoms with van der Waals surface area (Å²) < 4.78 is 51.2. The summed E-state index contributed by atoms with van der Waals surface area (Å²) in [4.78, 5) is 11.7. The first-order chi connectivity index (χ1) is 11.3. The van der Waals surface area contributed by atoms with Crippen LogP contribution < -0.4 is 5.32 Å². The maximum atomic E-state index is 13.1. The normalized spacial score (nSPS) is 11.7. The molecule has 2 aromatic carbocycles. The third kappa shape index (κ3) is 5.19. The molecule has 126 valence electrons. The number of halogens is 5. The predicted molar refractivity (Wildman–Crippen MR) is 86.4 cm³/mol. The highest BCUT2D eigenvalue weighted by atomic mass is 79.9. The average molecular weight is 402 g/mol. The van der Waals surface area contributed by atoms with E-state index in [0.29, 0.717) is 11.1 Å². The molecule has 0 unspecified atom stereocenters. The van der Waals surface area contributed by atoms with Crippen molar-refractivity contribution in [2.75, 3.05) is 0 Å². The molecule has 0 bridgehead atoms. The molecule has 0 heterocycles. The number of nitrogens with one attached hydrogen (secondary N) is 1. The van der Waals surface area contributed by atoms with Crippen molar-refractivity contribution in [3.63, 3.8) is 0 Å². The van der Waals surface area contributed by atoms with Gasteiger partial charge in [0, 0.05) is 12.6 Å². The molecule has 0 atom stereocenters. The van der Waals surface area contributed by atoms with E-state index in [2.05, 4.69) is 21.2 Å². The number of rotatable bonds is 4. The number of alkyl halides is 3. The Kier molecular flexibility index (Phi) is 5.77. The summed E-state index contributed by atoms with van der Waals surface area (Å²) in [5.41, 5.74) is 0.189. The highest BCUT2D eigenvalue weighted by Gasteiger charge is 2.30. The van der Waals surface area contributed by atoms with Gasteiger partial charge in [-0.3, -0.25) is 4.79 Å². The number of hydrogen-bond donors (Lipinski definition) is 1.